The first-order valence-corrected chi connectivity index (χ1v) is 9.57. The Bertz CT molecular complexity index is 552. The number of hydrogen-bond donors (Lipinski definition) is 2. The highest BCUT2D eigenvalue weighted by Crippen LogP contribution is 2.12. The molecule has 0 spiro atoms. The van der Waals surface area contributed by atoms with E-state index in [0.29, 0.717) is 18.7 Å². The topological polar surface area (TPSA) is 48.9 Å². The number of halogens is 1. The summed E-state index contributed by atoms with van der Waals surface area (Å²) in [5.74, 6) is 0.893. The molecule has 1 aliphatic rings. The number of nitrogens with zero attached hydrogens (tertiary/aromatic N) is 2. The van der Waals surface area contributed by atoms with Crippen LogP contribution in [-0.4, -0.2) is 49.2 Å². The highest BCUT2D eigenvalue weighted by Gasteiger charge is 2.16. The van der Waals surface area contributed by atoms with Crippen molar-refractivity contribution in [1.29, 1.82) is 0 Å². The molecule has 6 heteroatoms. The summed E-state index contributed by atoms with van der Waals surface area (Å²) in [6, 6.07) is 9.19. The fourth-order valence-corrected chi connectivity index (χ4v) is 2.94. The second-order valence-corrected chi connectivity index (χ2v) is 6.89. The minimum absolute atomic E-state index is 0. The van der Waals surface area contributed by atoms with Crippen molar-refractivity contribution in [3.05, 3.63) is 35.4 Å². The Morgan fingerprint density at radius 3 is 2.81 bits per heavy atom. The molecule has 1 heterocycles. The van der Waals surface area contributed by atoms with Gasteiger partial charge in [0.1, 0.15) is 0 Å². The van der Waals surface area contributed by atoms with Crippen molar-refractivity contribution in [2.75, 3.05) is 26.2 Å². The second kappa shape index (κ2) is 12.5. The van der Waals surface area contributed by atoms with Gasteiger partial charge in [-0.3, -0.25) is 4.90 Å². The van der Waals surface area contributed by atoms with Crippen LogP contribution >= 0.6 is 24.0 Å². The second-order valence-electron chi connectivity index (χ2n) is 6.89. The Labute approximate surface area is 176 Å². The average Bonchev–Trinajstić information content (AvgIpc) is 2.60. The average molecular weight is 474 g/mol. The van der Waals surface area contributed by atoms with Crippen LogP contribution in [-0.2, 0) is 17.8 Å². The molecular formula is C20H35IN4O. The van der Waals surface area contributed by atoms with Crippen molar-refractivity contribution < 1.29 is 4.74 Å². The van der Waals surface area contributed by atoms with Gasteiger partial charge in [0.25, 0.3) is 0 Å². The first-order chi connectivity index (χ1) is 12.1. The largest absolute Gasteiger partial charge is 0.376 e. The van der Waals surface area contributed by atoms with Gasteiger partial charge in [0.05, 0.1) is 19.3 Å². The summed E-state index contributed by atoms with van der Waals surface area (Å²) in [5.41, 5.74) is 2.60. The van der Waals surface area contributed by atoms with Crippen LogP contribution in [0.5, 0.6) is 0 Å². The van der Waals surface area contributed by atoms with Crippen molar-refractivity contribution >= 4 is 29.9 Å². The van der Waals surface area contributed by atoms with Gasteiger partial charge in [0.15, 0.2) is 5.96 Å². The van der Waals surface area contributed by atoms with E-state index in [0.717, 1.165) is 45.2 Å². The summed E-state index contributed by atoms with van der Waals surface area (Å²) in [6.07, 6.45) is 1.41. The van der Waals surface area contributed by atoms with Gasteiger partial charge in [-0.15, -0.1) is 24.0 Å². The number of nitrogens with one attached hydrogen (secondary N) is 2. The molecule has 1 aliphatic heterocycles. The van der Waals surface area contributed by atoms with Crippen LogP contribution in [0.2, 0.25) is 0 Å². The van der Waals surface area contributed by atoms with Crippen molar-refractivity contribution in [3.63, 3.8) is 0 Å². The van der Waals surface area contributed by atoms with Crippen molar-refractivity contribution in [1.82, 2.24) is 15.5 Å². The number of ether oxygens (including phenoxy) is 1. The van der Waals surface area contributed by atoms with Crippen LogP contribution < -0.4 is 10.6 Å². The standard InChI is InChI=1S/C20H34N4O.HI/c1-5-16(3)23-20(21-6-2)22-13-18-8-7-9-19(12-18)15-24-10-11-25-17(4)14-24;/h7-9,12,16-17H,5-6,10-11,13-15H2,1-4H3,(H2,21,22,23);1H. The predicted molar refractivity (Wildman–Crippen MR) is 120 cm³/mol. The van der Waals surface area contributed by atoms with Gasteiger partial charge >= 0.3 is 0 Å². The quantitative estimate of drug-likeness (QED) is 0.362. The van der Waals surface area contributed by atoms with Crippen LogP contribution in [0.15, 0.2) is 29.3 Å². The van der Waals surface area contributed by atoms with Crippen LogP contribution in [0, 0.1) is 0 Å². The highest BCUT2D eigenvalue weighted by molar-refractivity contribution is 14.0. The lowest BCUT2D eigenvalue weighted by molar-refractivity contribution is -0.0212. The van der Waals surface area contributed by atoms with E-state index in [9.17, 15) is 0 Å². The zero-order valence-electron chi connectivity index (χ0n) is 16.6. The molecule has 0 saturated carbocycles. The van der Waals surface area contributed by atoms with Crippen molar-refractivity contribution in [2.24, 2.45) is 4.99 Å². The van der Waals surface area contributed by atoms with E-state index < -0.39 is 0 Å². The van der Waals surface area contributed by atoms with E-state index in [-0.39, 0.29) is 24.0 Å². The molecule has 1 aromatic carbocycles. The molecule has 26 heavy (non-hydrogen) atoms. The van der Waals surface area contributed by atoms with Gasteiger partial charge in [0.2, 0.25) is 0 Å². The molecule has 1 fully saturated rings. The molecule has 0 aliphatic carbocycles. The first kappa shape index (κ1) is 23.2. The number of aliphatic imine (C=N–C) groups is 1. The van der Waals surface area contributed by atoms with Gasteiger partial charge in [0, 0.05) is 32.2 Å². The molecule has 2 unspecified atom stereocenters. The molecule has 0 amide bonds. The van der Waals surface area contributed by atoms with Crippen LogP contribution in [0.1, 0.15) is 45.2 Å². The van der Waals surface area contributed by atoms with E-state index in [4.69, 9.17) is 9.73 Å². The third-order valence-electron chi connectivity index (χ3n) is 4.48. The van der Waals surface area contributed by atoms with E-state index in [1.807, 2.05) is 0 Å². The maximum Gasteiger partial charge on any atom is 0.191 e. The van der Waals surface area contributed by atoms with Crippen molar-refractivity contribution in [3.8, 4) is 0 Å². The number of rotatable bonds is 7. The van der Waals surface area contributed by atoms with Gasteiger partial charge < -0.3 is 15.4 Å². The fraction of sp³-hybridized carbons (Fsp3) is 0.650. The normalized spacial score (nSPS) is 19.5. The molecule has 1 aromatic rings. The summed E-state index contributed by atoms with van der Waals surface area (Å²) in [5, 5.41) is 6.76. The number of morpholine rings is 1. The molecule has 0 radical (unpaired) electrons. The monoisotopic (exact) mass is 474 g/mol. The first-order valence-electron chi connectivity index (χ1n) is 9.57. The summed E-state index contributed by atoms with van der Waals surface area (Å²) in [7, 11) is 0. The third kappa shape index (κ3) is 8.22. The molecular weight excluding hydrogens is 439 g/mol. The Hall–Kier alpha value is -0.860. The highest BCUT2D eigenvalue weighted by atomic mass is 127. The molecule has 1 saturated heterocycles. The third-order valence-corrected chi connectivity index (χ3v) is 4.48. The maximum atomic E-state index is 5.62. The van der Waals surface area contributed by atoms with E-state index in [1.165, 1.54) is 11.1 Å². The SMILES string of the molecule is CCNC(=NCc1cccc(CN2CCOC(C)C2)c1)NC(C)CC.I. The lowest BCUT2D eigenvalue weighted by atomic mass is 10.1. The molecule has 2 N–H and O–H groups in total. The van der Waals surface area contributed by atoms with Gasteiger partial charge in [-0.25, -0.2) is 4.99 Å². The lowest BCUT2D eigenvalue weighted by Gasteiger charge is -2.31. The molecule has 5 nitrogen and oxygen atoms in total. The number of guanidine groups is 1. The van der Waals surface area contributed by atoms with E-state index in [2.05, 4.69) is 67.5 Å². The Morgan fingerprint density at radius 2 is 2.12 bits per heavy atom. The van der Waals surface area contributed by atoms with Crippen molar-refractivity contribution in [2.45, 2.75) is 59.4 Å². The fourth-order valence-electron chi connectivity index (χ4n) is 2.94. The Morgan fingerprint density at radius 1 is 1.35 bits per heavy atom. The smallest absolute Gasteiger partial charge is 0.191 e. The number of hydrogen-bond acceptors (Lipinski definition) is 3. The lowest BCUT2D eigenvalue weighted by Crippen LogP contribution is -2.41. The summed E-state index contributed by atoms with van der Waals surface area (Å²) < 4.78 is 5.62. The van der Waals surface area contributed by atoms with E-state index >= 15 is 0 Å². The van der Waals surface area contributed by atoms with E-state index in [1.54, 1.807) is 0 Å². The molecule has 2 rings (SSSR count). The summed E-state index contributed by atoms with van der Waals surface area (Å²) in [6.45, 7) is 14.0. The van der Waals surface area contributed by atoms with Crippen LogP contribution in [0.4, 0.5) is 0 Å². The van der Waals surface area contributed by atoms with Crippen LogP contribution in [0.3, 0.4) is 0 Å². The summed E-state index contributed by atoms with van der Waals surface area (Å²) >= 11 is 0. The Kier molecular flexibility index (Phi) is 11.2. The molecule has 2 atom stereocenters. The molecule has 0 bridgehead atoms. The summed E-state index contributed by atoms with van der Waals surface area (Å²) in [4.78, 5) is 7.20. The minimum Gasteiger partial charge on any atom is -0.376 e. The van der Waals surface area contributed by atoms with Gasteiger partial charge in [-0.2, -0.15) is 0 Å². The number of benzene rings is 1. The zero-order chi connectivity index (χ0) is 18.1. The van der Waals surface area contributed by atoms with Gasteiger partial charge in [-0.05, 0) is 38.3 Å². The van der Waals surface area contributed by atoms with Gasteiger partial charge in [-0.1, -0.05) is 31.2 Å². The predicted octanol–water partition coefficient (Wildman–Crippen LogP) is 3.38. The molecule has 0 aromatic heterocycles. The van der Waals surface area contributed by atoms with Crippen LogP contribution in [0.25, 0.3) is 0 Å². The minimum atomic E-state index is 0. The Balaban J connectivity index is 0.00000338. The maximum absolute atomic E-state index is 5.62. The molecule has 148 valence electrons. The zero-order valence-corrected chi connectivity index (χ0v) is 19.0.